The van der Waals surface area contributed by atoms with Gasteiger partial charge in [-0.25, -0.2) is 9.78 Å². The molecule has 3 aromatic rings. The number of nitrogens with zero attached hydrogens (tertiary/aromatic N) is 4. The topological polar surface area (TPSA) is 101 Å². The average molecular weight is 281 g/mol. The highest BCUT2D eigenvalue weighted by molar-refractivity contribution is 6.00. The summed E-state index contributed by atoms with van der Waals surface area (Å²) < 4.78 is 0. The number of aromatic carboxylic acids is 1. The number of hydrogen-bond donors (Lipinski definition) is 2. The third-order valence-electron chi connectivity index (χ3n) is 2.90. The van der Waals surface area contributed by atoms with Gasteiger partial charge in [0.15, 0.2) is 0 Å². The fourth-order valence-electron chi connectivity index (χ4n) is 2.00. The number of carboxylic acid groups (broad SMARTS) is 1. The molecule has 0 aliphatic rings. The molecular weight excluding hydrogens is 270 g/mol. The Bertz CT molecular complexity index is 820. The molecule has 0 aliphatic carbocycles. The molecule has 0 saturated carbocycles. The Hall–Kier alpha value is -3.09. The van der Waals surface area contributed by atoms with E-state index in [1.807, 2.05) is 13.0 Å². The van der Waals surface area contributed by atoms with E-state index in [1.165, 1.54) is 18.5 Å². The van der Waals surface area contributed by atoms with Crippen LogP contribution in [0.4, 0.5) is 11.6 Å². The molecule has 0 bridgehead atoms. The van der Waals surface area contributed by atoms with Crippen molar-refractivity contribution in [2.45, 2.75) is 6.92 Å². The van der Waals surface area contributed by atoms with Gasteiger partial charge in [0.1, 0.15) is 0 Å². The maximum atomic E-state index is 11.2. The van der Waals surface area contributed by atoms with Crippen molar-refractivity contribution in [3.63, 3.8) is 0 Å². The number of fused-ring (bicyclic) bond motifs is 1. The highest BCUT2D eigenvalue weighted by atomic mass is 16.4. The van der Waals surface area contributed by atoms with Gasteiger partial charge in [0, 0.05) is 11.6 Å². The first-order chi connectivity index (χ1) is 10.1. The fourth-order valence-corrected chi connectivity index (χ4v) is 2.00. The van der Waals surface area contributed by atoms with Crippen LogP contribution in [0.25, 0.3) is 10.9 Å². The number of anilines is 2. The summed E-state index contributed by atoms with van der Waals surface area (Å²) >= 11 is 0. The van der Waals surface area contributed by atoms with E-state index in [2.05, 4.69) is 25.5 Å². The fraction of sp³-hybridized carbons (Fsp3) is 0.0714. The van der Waals surface area contributed by atoms with Crippen molar-refractivity contribution in [1.29, 1.82) is 0 Å². The predicted molar refractivity (Wildman–Crippen MR) is 76.5 cm³/mol. The number of rotatable bonds is 3. The summed E-state index contributed by atoms with van der Waals surface area (Å²) in [4.78, 5) is 19.6. The highest BCUT2D eigenvalue weighted by Crippen LogP contribution is 2.26. The molecule has 0 saturated heterocycles. The Morgan fingerprint density at radius 1 is 1.19 bits per heavy atom. The van der Waals surface area contributed by atoms with Crippen LogP contribution in [-0.2, 0) is 0 Å². The minimum atomic E-state index is -1.01. The standard InChI is InChI=1S/C14H11N5O2/c1-8-4-9-5-10(13(20)21)6-11(12(9)16-7-8)18-14-15-2-3-17-19-14/h2-7H,1H3,(H,20,21)(H,15,18,19). The third kappa shape index (κ3) is 2.62. The van der Waals surface area contributed by atoms with Gasteiger partial charge in [0.2, 0.25) is 5.95 Å². The highest BCUT2D eigenvalue weighted by Gasteiger charge is 2.11. The van der Waals surface area contributed by atoms with Gasteiger partial charge in [0.05, 0.1) is 29.2 Å². The monoisotopic (exact) mass is 281 g/mol. The first kappa shape index (κ1) is 12.9. The number of carboxylic acids is 1. The van der Waals surface area contributed by atoms with E-state index in [0.717, 1.165) is 10.9 Å². The molecule has 2 aromatic heterocycles. The lowest BCUT2D eigenvalue weighted by Gasteiger charge is -2.09. The van der Waals surface area contributed by atoms with Crippen LogP contribution in [0.1, 0.15) is 15.9 Å². The van der Waals surface area contributed by atoms with Gasteiger partial charge in [-0.3, -0.25) is 4.98 Å². The number of aromatic nitrogens is 4. The summed E-state index contributed by atoms with van der Waals surface area (Å²) in [5, 5.41) is 20.4. The largest absolute Gasteiger partial charge is 0.478 e. The molecule has 0 fully saturated rings. The summed E-state index contributed by atoms with van der Waals surface area (Å²) in [5.41, 5.74) is 2.30. The molecule has 0 atom stereocenters. The van der Waals surface area contributed by atoms with Gasteiger partial charge in [-0.05, 0) is 30.7 Å². The Labute approximate surface area is 119 Å². The molecule has 0 unspecified atom stereocenters. The molecule has 0 amide bonds. The molecule has 7 heteroatoms. The van der Waals surface area contributed by atoms with Crippen LogP contribution in [0, 0.1) is 6.92 Å². The number of hydrogen-bond acceptors (Lipinski definition) is 6. The van der Waals surface area contributed by atoms with E-state index in [0.29, 0.717) is 11.2 Å². The van der Waals surface area contributed by atoms with Crippen LogP contribution in [0.15, 0.2) is 36.8 Å². The van der Waals surface area contributed by atoms with Gasteiger partial charge < -0.3 is 10.4 Å². The van der Waals surface area contributed by atoms with E-state index >= 15 is 0 Å². The second-order valence-corrected chi connectivity index (χ2v) is 4.50. The van der Waals surface area contributed by atoms with Crippen molar-refractivity contribution in [3.05, 3.63) is 47.9 Å². The predicted octanol–water partition coefficient (Wildman–Crippen LogP) is 2.17. The number of nitrogens with one attached hydrogen (secondary N) is 1. The molecule has 0 radical (unpaired) electrons. The Kier molecular flexibility index (Phi) is 3.15. The quantitative estimate of drug-likeness (QED) is 0.758. The number of aryl methyl sites for hydroxylation is 1. The molecule has 104 valence electrons. The number of benzene rings is 1. The van der Waals surface area contributed by atoms with Crippen molar-refractivity contribution in [3.8, 4) is 0 Å². The van der Waals surface area contributed by atoms with Crippen molar-refractivity contribution < 1.29 is 9.90 Å². The van der Waals surface area contributed by atoms with E-state index in [1.54, 1.807) is 12.3 Å². The third-order valence-corrected chi connectivity index (χ3v) is 2.90. The molecule has 1 aromatic carbocycles. The number of carbonyl (C=O) groups is 1. The first-order valence-corrected chi connectivity index (χ1v) is 6.18. The normalized spacial score (nSPS) is 10.5. The van der Waals surface area contributed by atoms with Gasteiger partial charge in [-0.2, -0.15) is 5.10 Å². The van der Waals surface area contributed by atoms with E-state index in [-0.39, 0.29) is 11.5 Å². The molecule has 21 heavy (non-hydrogen) atoms. The van der Waals surface area contributed by atoms with Gasteiger partial charge in [-0.1, -0.05) is 0 Å². The maximum Gasteiger partial charge on any atom is 0.335 e. The zero-order chi connectivity index (χ0) is 14.8. The van der Waals surface area contributed by atoms with Crippen LogP contribution >= 0.6 is 0 Å². The van der Waals surface area contributed by atoms with Gasteiger partial charge in [0.25, 0.3) is 0 Å². The second-order valence-electron chi connectivity index (χ2n) is 4.50. The van der Waals surface area contributed by atoms with Crippen LogP contribution < -0.4 is 5.32 Å². The van der Waals surface area contributed by atoms with Crippen molar-refractivity contribution in [2.75, 3.05) is 5.32 Å². The maximum absolute atomic E-state index is 11.2. The van der Waals surface area contributed by atoms with Gasteiger partial charge >= 0.3 is 5.97 Å². The van der Waals surface area contributed by atoms with Crippen molar-refractivity contribution >= 4 is 28.5 Å². The molecule has 7 nitrogen and oxygen atoms in total. The smallest absolute Gasteiger partial charge is 0.335 e. The zero-order valence-electron chi connectivity index (χ0n) is 11.1. The average Bonchev–Trinajstić information content (AvgIpc) is 2.47. The lowest BCUT2D eigenvalue weighted by molar-refractivity contribution is 0.0697. The molecule has 2 heterocycles. The van der Waals surface area contributed by atoms with Crippen LogP contribution in [0.5, 0.6) is 0 Å². The zero-order valence-corrected chi connectivity index (χ0v) is 11.1. The van der Waals surface area contributed by atoms with Crippen LogP contribution in [0.2, 0.25) is 0 Å². The lowest BCUT2D eigenvalue weighted by atomic mass is 10.1. The minimum Gasteiger partial charge on any atom is -0.478 e. The van der Waals surface area contributed by atoms with Crippen LogP contribution in [0.3, 0.4) is 0 Å². The molecule has 0 spiro atoms. The lowest BCUT2D eigenvalue weighted by Crippen LogP contribution is -2.03. The molecule has 2 N–H and O–H groups in total. The van der Waals surface area contributed by atoms with E-state index in [9.17, 15) is 9.90 Å². The Morgan fingerprint density at radius 2 is 2.05 bits per heavy atom. The Balaban J connectivity index is 2.17. The van der Waals surface area contributed by atoms with E-state index < -0.39 is 5.97 Å². The summed E-state index contributed by atoms with van der Waals surface area (Å²) in [5.74, 6) is -0.725. The van der Waals surface area contributed by atoms with Gasteiger partial charge in [-0.15, -0.1) is 5.10 Å². The first-order valence-electron chi connectivity index (χ1n) is 6.18. The SMILES string of the molecule is Cc1cnc2c(Nc3nccnn3)cc(C(=O)O)cc2c1. The molecule has 0 aliphatic heterocycles. The summed E-state index contributed by atoms with van der Waals surface area (Å²) in [6, 6.07) is 4.97. The molecular formula is C14H11N5O2. The van der Waals surface area contributed by atoms with Crippen LogP contribution in [-0.4, -0.2) is 31.2 Å². The van der Waals surface area contributed by atoms with Crippen molar-refractivity contribution in [2.24, 2.45) is 0 Å². The Morgan fingerprint density at radius 3 is 2.76 bits per heavy atom. The minimum absolute atomic E-state index is 0.168. The molecule has 3 rings (SSSR count). The summed E-state index contributed by atoms with van der Waals surface area (Å²) in [6.45, 7) is 1.90. The van der Waals surface area contributed by atoms with E-state index in [4.69, 9.17) is 0 Å². The summed E-state index contributed by atoms with van der Waals surface area (Å²) in [7, 11) is 0. The second kappa shape index (κ2) is 5.12. The van der Waals surface area contributed by atoms with Crippen molar-refractivity contribution in [1.82, 2.24) is 20.2 Å². The summed E-state index contributed by atoms with van der Waals surface area (Å²) in [6.07, 6.45) is 4.67. The number of pyridine rings is 1.